The molecular weight excluding hydrogens is 342 g/mol. The van der Waals surface area contributed by atoms with Crippen LogP contribution in [0, 0.1) is 0 Å². The van der Waals surface area contributed by atoms with Gasteiger partial charge in [-0.25, -0.2) is 9.59 Å². The van der Waals surface area contributed by atoms with E-state index in [1.54, 1.807) is 30.3 Å². The summed E-state index contributed by atoms with van der Waals surface area (Å²) in [7, 11) is 1.35. The van der Waals surface area contributed by atoms with Crippen LogP contribution in [0.15, 0.2) is 78.9 Å². The van der Waals surface area contributed by atoms with Gasteiger partial charge in [0.1, 0.15) is 0 Å². The highest BCUT2D eigenvalue weighted by Gasteiger charge is 2.11. The van der Waals surface area contributed by atoms with Crippen LogP contribution in [0.25, 0.3) is 0 Å². The van der Waals surface area contributed by atoms with Gasteiger partial charge in [0.15, 0.2) is 0 Å². The first-order valence-electron chi connectivity index (χ1n) is 8.33. The number of carbonyl (C=O) groups excluding carboxylic acids is 2. The highest BCUT2D eigenvalue weighted by Crippen LogP contribution is 2.23. The van der Waals surface area contributed by atoms with Crippen molar-refractivity contribution in [2.24, 2.45) is 0 Å². The molecule has 3 aromatic carbocycles. The van der Waals surface area contributed by atoms with Crippen molar-refractivity contribution in [3.8, 4) is 0 Å². The quantitative estimate of drug-likeness (QED) is 0.567. The van der Waals surface area contributed by atoms with E-state index >= 15 is 0 Å². The molecule has 0 aliphatic heterocycles. The van der Waals surface area contributed by atoms with Gasteiger partial charge < -0.3 is 20.7 Å². The minimum absolute atomic E-state index is 0.321. The Balaban J connectivity index is 1.64. The van der Waals surface area contributed by atoms with Gasteiger partial charge in [-0.2, -0.15) is 0 Å². The van der Waals surface area contributed by atoms with E-state index in [0.29, 0.717) is 22.6 Å². The maximum Gasteiger partial charge on any atom is 0.339 e. The molecule has 0 atom stereocenters. The number of ether oxygens (including phenoxy) is 1. The maximum atomic E-state index is 12.0. The monoisotopic (exact) mass is 361 g/mol. The van der Waals surface area contributed by atoms with Gasteiger partial charge in [-0.3, -0.25) is 0 Å². The van der Waals surface area contributed by atoms with Crippen LogP contribution in [0.3, 0.4) is 0 Å². The number of amides is 2. The lowest BCUT2D eigenvalue weighted by atomic mass is 10.1. The second kappa shape index (κ2) is 8.53. The van der Waals surface area contributed by atoms with Crippen molar-refractivity contribution in [1.29, 1.82) is 0 Å². The predicted molar refractivity (Wildman–Crippen MR) is 107 cm³/mol. The van der Waals surface area contributed by atoms with Gasteiger partial charge in [-0.05, 0) is 48.5 Å². The molecule has 0 unspecified atom stereocenters. The van der Waals surface area contributed by atoms with Crippen LogP contribution < -0.4 is 16.0 Å². The van der Waals surface area contributed by atoms with E-state index in [0.717, 1.165) is 5.69 Å². The summed E-state index contributed by atoms with van der Waals surface area (Å²) >= 11 is 0. The first-order chi connectivity index (χ1) is 13.2. The van der Waals surface area contributed by atoms with Gasteiger partial charge in [0.25, 0.3) is 0 Å². The van der Waals surface area contributed by atoms with E-state index in [1.807, 2.05) is 48.5 Å². The van der Waals surface area contributed by atoms with Crippen LogP contribution in [-0.4, -0.2) is 19.1 Å². The van der Waals surface area contributed by atoms with Crippen LogP contribution >= 0.6 is 0 Å². The summed E-state index contributed by atoms with van der Waals surface area (Å²) in [5, 5.41) is 8.70. The molecule has 0 aromatic heterocycles. The van der Waals surface area contributed by atoms with Crippen LogP contribution in [0.1, 0.15) is 10.4 Å². The van der Waals surface area contributed by atoms with E-state index in [1.165, 1.54) is 7.11 Å². The van der Waals surface area contributed by atoms with Crippen LogP contribution in [0.2, 0.25) is 0 Å². The molecule has 6 heteroatoms. The fourth-order valence-electron chi connectivity index (χ4n) is 2.49. The lowest BCUT2D eigenvalue weighted by Gasteiger charge is -2.12. The van der Waals surface area contributed by atoms with Crippen LogP contribution in [-0.2, 0) is 4.74 Å². The summed E-state index contributed by atoms with van der Waals surface area (Å²) in [4.78, 5) is 23.9. The predicted octanol–water partition coefficient (Wildman–Crippen LogP) is 4.86. The first kappa shape index (κ1) is 18.0. The normalized spacial score (nSPS) is 9.96. The SMILES string of the molecule is COC(=O)c1ccccc1Nc1ccc(NC(=O)Nc2ccccc2)cc1. The summed E-state index contributed by atoms with van der Waals surface area (Å²) in [6, 6.07) is 23.1. The maximum absolute atomic E-state index is 12.0. The van der Waals surface area contributed by atoms with Gasteiger partial charge in [0, 0.05) is 17.1 Å². The van der Waals surface area contributed by atoms with Gasteiger partial charge in [0.2, 0.25) is 0 Å². The van der Waals surface area contributed by atoms with Crippen molar-refractivity contribution in [3.63, 3.8) is 0 Å². The minimum Gasteiger partial charge on any atom is -0.465 e. The molecule has 136 valence electrons. The smallest absolute Gasteiger partial charge is 0.339 e. The number of anilines is 4. The molecule has 0 heterocycles. The molecule has 0 fully saturated rings. The average molecular weight is 361 g/mol. The number of hydrogen-bond donors (Lipinski definition) is 3. The van der Waals surface area contributed by atoms with Crippen molar-refractivity contribution in [2.45, 2.75) is 0 Å². The standard InChI is InChI=1S/C21H19N3O3/c1-27-20(25)18-9-5-6-10-19(18)22-16-11-13-17(14-12-16)24-21(26)23-15-7-3-2-4-8-15/h2-14,22H,1H3,(H2,23,24,26). The molecule has 27 heavy (non-hydrogen) atoms. The summed E-state index contributed by atoms with van der Waals surface area (Å²) in [5.74, 6) is -0.408. The van der Waals surface area contributed by atoms with E-state index in [2.05, 4.69) is 16.0 Å². The molecule has 0 aliphatic carbocycles. The Kier molecular flexibility index (Phi) is 5.69. The molecule has 6 nitrogen and oxygen atoms in total. The molecule has 3 aromatic rings. The molecule has 3 rings (SSSR count). The Morgan fingerprint density at radius 2 is 1.26 bits per heavy atom. The number of methoxy groups -OCH3 is 1. The Labute approximate surface area is 157 Å². The molecular formula is C21H19N3O3. The Hall–Kier alpha value is -3.80. The number of hydrogen-bond acceptors (Lipinski definition) is 4. The van der Waals surface area contributed by atoms with E-state index < -0.39 is 5.97 Å². The molecule has 0 radical (unpaired) electrons. The average Bonchev–Trinajstić information content (AvgIpc) is 2.70. The van der Waals surface area contributed by atoms with Crippen molar-refractivity contribution in [2.75, 3.05) is 23.1 Å². The second-order valence-electron chi connectivity index (χ2n) is 5.68. The van der Waals surface area contributed by atoms with Crippen molar-refractivity contribution in [1.82, 2.24) is 0 Å². The topological polar surface area (TPSA) is 79.5 Å². The van der Waals surface area contributed by atoms with Crippen molar-refractivity contribution < 1.29 is 14.3 Å². The molecule has 0 spiro atoms. The second-order valence-corrected chi connectivity index (χ2v) is 5.68. The highest BCUT2D eigenvalue weighted by atomic mass is 16.5. The third-order valence-corrected chi connectivity index (χ3v) is 3.79. The Morgan fingerprint density at radius 3 is 1.93 bits per heavy atom. The molecule has 3 N–H and O–H groups in total. The first-order valence-corrected chi connectivity index (χ1v) is 8.33. The third-order valence-electron chi connectivity index (χ3n) is 3.79. The highest BCUT2D eigenvalue weighted by molar-refractivity contribution is 6.00. The summed E-state index contributed by atoms with van der Waals surface area (Å²) in [6.07, 6.45) is 0. The van der Waals surface area contributed by atoms with Gasteiger partial charge in [-0.15, -0.1) is 0 Å². The summed E-state index contributed by atoms with van der Waals surface area (Å²) in [6.45, 7) is 0. The lowest BCUT2D eigenvalue weighted by Crippen LogP contribution is -2.19. The van der Waals surface area contributed by atoms with Crippen molar-refractivity contribution in [3.05, 3.63) is 84.4 Å². The van der Waals surface area contributed by atoms with E-state index in [9.17, 15) is 9.59 Å². The molecule has 2 amide bonds. The van der Waals surface area contributed by atoms with Crippen LogP contribution in [0.4, 0.5) is 27.5 Å². The Bertz CT molecular complexity index is 925. The molecule has 0 saturated heterocycles. The molecule has 0 aliphatic rings. The number of para-hydroxylation sites is 2. The minimum atomic E-state index is -0.408. The van der Waals surface area contributed by atoms with E-state index in [4.69, 9.17) is 4.74 Å². The number of rotatable bonds is 5. The zero-order chi connectivity index (χ0) is 19.1. The number of nitrogens with one attached hydrogen (secondary N) is 3. The fraction of sp³-hybridized carbons (Fsp3) is 0.0476. The largest absolute Gasteiger partial charge is 0.465 e. The molecule has 0 saturated carbocycles. The zero-order valence-corrected chi connectivity index (χ0v) is 14.7. The Morgan fingerprint density at radius 1 is 0.704 bits per heavy atom. The van der Waals surface area contributed by atoms with Crippen LogP contribution in [0.5, 0.6) is 0 Å². The van der Waals surface area contributed by atoms with Gasteiger partial charge in [-0.1, -0.05) is 30.3 Å². The van der Waals surface area contributed by atoms with Gasteiger partial charge >= 0.3 is 12.0 Å². The number of esters is 1. The number of benzene rings is 3. The number of carbonyl (C=O) groups is 2. The molecule has 0 bridgehead atoms. The van der Waals surface area contributed by atoms with Gasteiger partial charge in [0.05, 0.1) is 18.4 Å². The third kappa shape index (κ3) is 4.85. The lowest BCUT2D eigenvalue weighted by molar-refractivity contribution is 0.0602. The van der Waals surface area contributed by atoms with E-state index in [-0.39, 0.29) is 6.03 Å². The summed E-state index contributed by atoms with van der Waals surface area (Å²) in [5.41, 5.74) is 3.24. The fourth-order valence-corrected chi connectivity index (χ4v) is 2.49. The zero-order valence-electron chi connectivity index (χ0n) is 14.7. The van der Waals surface area contributed by atoms with Crippen molar-refractivity contribution >= 4 is 34.7 Å². The number of urea groups is 1. The summed E-state index contributed by atoms with van der Waals surface area (Å²) < 4.78 is 4.79.